The van der Waals surface area contributed by atoms with E-state index in [-0.39, 0.29) is 23.6 Å². The lowest BCUT2D eigenvalue weighted by molar-refractivity contribution is -0.117. The van der Waals surface area contributed by atoms with Crippen molar-refractivity contribution in [3.05, 3.63) is 59.7 Å². The van der Waals surface area contributed by atoms with Gasteiger partial charge in [0.25, 0.3) is 11.8 Å². The fourth-order valence-electron chi connectivity index (χ4n) is 6.02. The second-order valence-corrected chi connectivity index (χ2v) is 12.8. The predicted octanol–water partition coefficient (Wildman–Crippen LogP) is 7.13. The highest BCUT2D eigenvalue weighted by atomic mass is 16.2. The van der Waals surface area contributed by atoms with E-state index in [1.54, 1.807) is 24.3 Å². The van der Waals surface area contributed by atoms with Crippen molar-refractivity contribution in [3.8, 4) is 0 Å². The van der Waals surface area contributed by atoms with E-state index in [9.17, 15) is 19.2 Å². The number of unbranched alkanes of at least 4 members (excludes halogenated alkanes) is 5. The Morgan fingerprint density at radius 2 is 0.909 bits per heavy atom. The molecule has 0 atom stereocenters. The Morgan fingerprint density at radius 3 is 1.30 bits per heavy atom. The van der Waals surface area contributed by atoms with Gasteiger partial charge in [-0.25, -0.2) is 0 Å². The van der Waals surface area contributed by atoms with Crippen LogP contribution >= 0.6 is 0 Å². The highest BCUT2D eigenvalue weighted by molar-refractivity contribution is 6.04. The maximum absolute atomic E-state index is 13.1. The molecule has 0 aromatic heterocycles. The average molecular weight is 603 g/mol. The van der Waals surface area contributed by atoms with E-state index in [1.807, 2.05) is 34.1 Å². The number of carbonyl (C=O) groups is 4. The molecule has 44 heavy (non-hydrogen) atoms. The SMILES string of the molecule is CC1CCN(C(=O)c2ccccc2NC(=O)CCCCCCCCC(=O)Nc2ccccc2C(=O)N2CCC(C)CC2)CC1. The van der Waals surface area contributed by atoms with E-state index in [0.717, 1.165) is 90.4 Å². The molecule has 2 aromatic rings. The monoisotopic (exact) mass is 602 g/mol. The molecule has 2 heterocycles. The molecular formula is C36H50N4O4. The first-order valence-corrected chi connectivity index (χ1v) is 16.7. The number of carbonyl (C=O) groups excluding carboxylic acids is 4. The van der Waals surface area contributed by atoms with Crippen molar-refractivity contribution in [1.29, 1.82) is 0 Å². The van der Waals surface area contributed by atoms with Crippen molar-refractivity contribution in [2.75, 3.05) is 36.8 Å². The third kappa shape index (κ3) is 9.93. The third-order valence-electron chi connectivity index (χ3n) is 9.06. The van der Waals surface area contributed by atoms with Crippen molar-refractivity contribution in [1.82, 2.24) is 9.80 Å². The number of anilines is 2. The fourth-order valence-corrected chi connectivity index (χ4v) is 6.02. The highest BCUT2D eigenvalue weighted by Crippen LogP contribution is 2.24. The minimum Gasteiger partial charge on any atom is -0.339 e. The molecule has 0 radical (unpaired) electrons. The molecule has 2 fully saturated rings. The van der Waals surface area contributed by atoms with Crippen LogP contribution in [0.25, 0.3) is 0 Å². The van der Waals surface area contributed by atoms with Gasteiger partial charge in [-0.15, -0.1) is 0 Å². The second-order valence-electron chi connectivity index (χ2n) is 12.8. The summed E-state index contributed by atoms with van der Waals surface area (Å²) in [6.45, 7) is 7.50. The number of amides is 4. The van der Waals surface area contributed by atoms with E-state index in [0.29, 0.717) is 47.2 Å². The van der Waals surface area contributed by atoms with E-state index in [1.165, 1.54) is 0 Å². The molecule has 8 nitrogen and oxygen atoms in total. The third-order valence-corrected chi connectivity index (χ3v) is 9.06. The largest absolute Gasteiger partial charge is 0.339 e. The van der Waals surface area contributed by atoms with Gasteiger partial charge < -0.3 is 20.4 Å². The van der Waals surface area contributed by atoms with Crippen LogP contribution in [0.5, 0.6) is 0 Å². The van der Waals surface area contributed by atoms with E-state index in [2.05, 4.69) is 24.5 Å². The summed E-state index contributed by atoms with van der Waals surface area (Å²) in [6, 6.07) is 14.6. The van der Waals surface area contributed by atoms with Crippen molar-refractivity contribution < 1.29 is 19.2 Å². The van der Waals surface area contributed by atoms with Gasteiger partial charge in [-0.3, -0.25) is 19.2 Å². The minimum absolute atomic E-state index is 0.00803. The number of nitrogens with zero attached hydrogens (tertiary/aromatic N) is 2. The molecule has 0 saturated carbocycles. The maximum atomic E-state index is 13.1. The lowest BCUT2D eigenvalue weighted by Crippen LogP contribution is -2.38. The second kappa shape index (κ2) is 17.0. The van der Waals surface area contributed by atoms with Gasteiger partial charge >= 0.3 is 0 Å². The van der Waals surface area contributed by atoms with Crippen LogP contribution in [0.2, 0.25) is 0 Å². The summed E-state index contributed by atoms with van der Waals surface area (Å²) in [5.41, 5.74) is 2.30. The Kier molecular flexibility index (Phi) is 12.8. The topological polar surface area (TPSA) is 98.8 Å². The van der Waals surface area contributed by atoms with Crippen molar-refractivity contribution in [2.24, 2.45) is 11.8 Å². The van der Waals surface area contributed by atoms with Gasteiger partial charge in [-0.1, -0.05) is 63.8 Å². The summed E-state index contributed by atoms with van der Waals surface area (Å²) >= 11 is 0. The molecule has 0 aliphatic carbocycles. The zero-order valence-electron chi connectivity index (χ0n) is 26.6. The van der Waals surface area contributed by atoms with Crippen molar-refractivity contribution >= 4 is 35.0 Å². The van der Waals surface area contributed by atoms with Crippen LogP contribution in [0.4, 0.5) is 11.4 Å². The first-order chi connectivity index (χ1) is 21.3. The number of hydrogen-bond acceptors (Lipinski definition) is 4. The number of piperidine rings is 2. The summed E-state index contributed by atoms with van der Waals surface area (Å²) in [4.78, 5) is 55.2. The zero-order valence-corrected chi connectivity index (χ0v) is 26.6. The van der Waals surface area contributed by atoms with E-state index >= 15 is 0 Å². The first kappa shape index (κ1) is 33.2. The average Bonchev–Trinajstić information content (AvgIpc) is 3.03. The van der Waals surface area contributed by atoms with E-state index < -0.39 is 0 Å². The number of likely N-dealkylation sites (tertiary alicyclic amines) is 2. The lowest BCUT2D eigenvalue weighted by atomic mass is 9.98. The van der Waals surface area contributed by atoms with Gasteiger partial charge in [0.05, 0.1) is 22.5 Å². The molecule has 2 saturated heterocycles. The number of rotatable bonds is 13. The van der Waals surface area contributed by atoms with Crippen LogP contribution < -0.4 is 10.6 Å². The van der Waals surface area contributed by atoms with Crippen LogP contribution in [0.1, 0.15) is 112 Å². The van der Waals surface area contributed by atoms with Gasteiger partial charge in [0.1, 0.15) is 0 Å². The quantitative estimate of drug-likeness (QED) is 0.238. The van der Waals surface area contributed by atoms with E-state index in [4.69, 9.17) is 0 Å². The summed E-state index contributed by atoms with van der Waals surface area (Å²) in [7, 11) is 0. The van der Waals surface area contributed by atoms with Crippen LogP contribution in [0.15, 0.2) is 48.5 Å². The molecule has 2 aliphatic rings. The highest BCUT2D eigenvalue weighted by Gasteiger charge is 2.25. The summed E-state index contributed by atoms with van der Waals surface area (Å²) < 4.78 is 0. The molecule has 8 heteroatoms. The van der Waals surface area contributed by atoms with Gasteiger partial charge in [0.2, 0.25) is 11.8 Å². The van der Waals surface area contributed by atoms with Crippen LogP contribution in [0, 0.1) is 11.8 Å². The summed E-state index contributed by atoms with van der Waals surface area (Å²) in [5, 5.41) is 5.92. The van der Waals surface area contributed by atoms with Gasteiger partial charge in [-0.05, 0) is 74.6 Å². The van der Waals surface area contributed by atoms with Gasteiger partial charge in [-0.2, -0.15) is 0 Å². The normalized spacial score (nSPS) is 16.0. The Hall–Kier alpha value is -3.68. The molecule has 0 bridgehead atoms. The molecular weight excluding hydrogens is 552 g/mol. The fraction of sp³-hybridized carbons (Fsp3) is 0.556. The Labute approximate surface area is 263 Å². The maximum Gasteiger partial charge on any atom is 0.255 e. The first-order valence-electron chi connectivity index (χ1n) is 16.7. The molecule has 4 amide bonds. The molecule has 0 spiro atoms. The zero-order chi connectivity index (χ0) is 31.3. The van der Waals surface area contributed by atoms with Crippen LogP contribution in [-0.4, -0.2) is 59.6 Å². The molecule has 2 aliphatic heterocycles. The standard InChI is InChI=1S/C36H50N4O4/c1-27-19-23-39(24-20-27)35(43)29-13-9-11-15-31(29)37-33(41)17-7-5-3-4-6-8-18-34(42)38-32-16-12-10-14-30(32)36(44)40-25-21-28(2)22-26-40/h9-16,27-28H,3-8,17-26H2,1-2H3,(H,37,41)(H,38,42). The van der Waals surface area contributed by atoms with Crippen molar-refractivity contribution in [3.63, 3.8) is 0 Å². The smallest absolute Gasteiger partial charge is 0.255 e. The van der Waals surface area contributed by atoms with Gasteiger partial charge in [0.15, 0.2) is 0 Å². The number of para-hydroxylation sites is 2. The summed E-state index contributed by atoms with van der Waals surface area (Å²) in [6.07, 6.45) is 10.4. The molecule has 2 N–H and O–H groups in total. The van der Waals surface area contributed by atoms with Crippen LogP contribution in [-0.2, 0) is 9.59 Å². The Morgan fingerprint density at radius 1 is 0.568 bits per heavy atom. The van der Waals surface area contributed by atoms with Crippen molar-refractivity contribution in [2.45, 2.75) is 90.9 Å². The van der Waals surface area contributed by atoms with Crippen LogP contribution in [0.3, 0.4) is 0 Å². The number of nitrogens with one attached hydrogen (secondary N) is 2. The molecule has 4 rings (SSSR count). The van der Waals surface area contributed by atoms with Gasteiger partial charge in [0, 0.05) is 39.0 Å². The minimum atomic E-state index is -0.0669. The Balaban J connectivity index is 1.10. The summed E-state index contributed by atoms with van der Waals surface area (Å²) in [5.74, 6) is 1.14. The number of benzene rings is 2. The molecule has 0 unspecified atom stereocenters. The number of hydrogen-bond donors (Lipinski definition) is 2. The predicted molar refractivity (Wildman–Crippen MR) is 176 cm³/mol. The molecule has 2 aromatic carbocycles. The Bertz CT molecular complexity index is 1160. The molecule has 238 valence electrons. The lowest BCUT2D eigenvalue weighted by Gasteiger charge is -2.30.